The molecule has 3 aromatic rings. The Morgan fingerprint density at radius 1 is 0.950 bits per heavy atom. The zero-order chi connectivity index (χ0) is 13.9. The second-order valence-corrected chi connectivity index (χ2v) is 4.90. The Balaban J connectivity index is 2.19. The van der Waals surface area contributed by atoms with E-state index in [1.807, 2.05) is 36.4 Å². The third-order valence-corrected chi connectivity index (χ3v) is 3.54. The van der Waals surface area contributed by atoms with Crippen molar-refractivity contribution >= 4 is 12.2 Å². The van der Waals surface area contributed by atoms with Crippen LogP contribution in [-0.2, 0) is 0 Å². The second kappa shape index (κ2) is 5.30. The zero-order valence-corrected chi connectivity index (χ0v) is 11.5. The van der Waals surface area contributed by atoms with E-state index in [4.69, 9.17) is 18.1 Å². The van der Waals surface area contributed by atoms with Crippen LogP contribution in [0.4, 0.5) is 0 Å². The van der Waals surface area contributed by atoms with Gasteiger partial charge in [-0.15, -0.1) is 0 Å². The molecule has 1 heterocycles. The molecule has 2 aromatic carbocycles. The highest BCUT2D eigenvalue weighted by molar-refractivity contribution is 7.71. The predicted octanol–water partition coefficient (Wildman–Crippen LogP) is 2.83. The van der Waals surface area contributed by atoms with Gasteiger partial charge in [-0.3, -0.25) is 5.10 Å². The van der Waals surface area contributed by atoms with Gasteiger partial charge in [0.1, 0.15) is 0 Å². The Morgan fingerprint density at radius 2 is 1.45 bits per heavy atom. The number of nitrogens with two attached hydrogens (primary N) is 1. The van der Waals surface area contributed by atoms with Gasteiger partial charge in [0.2, 0.25) is 4.77 Å². The average Bonchev–Trinajstić information content (AvgIpc) is 2.82. The van der Waals surface area contributed by atoms with Crippen LogP contribution in [0.3, 0.4) is 0 Å². The molecule has 0 aliphatic heterocycles. The first-order chi connectivity index (χ1) is 9.77. The summed E-state index contributed by atoms with van der Waals surface area (Å²) in [5.74, 6) is 6.65. The Bertz CT molecular complexity index is 707. The summed E-state index contributed by atoms with van der Waals surface area (Å²) < 4.78 is 1.84. The average molecular weight is 282 g/mol. The van der Waals surface area contributed by atoms with Crippen LogP contribution in [0, 0.1) is 4.77 Å². The van der Waals surface area contributed by atoms with Crippen molar-refractivity contribution in [2.45, 2.75) is 5.92 Å². The molecule has 1 aromatic heterocycles. The molecule has 0 bridgehead atoms. The fourth-order valence-electron chi connectivity index (χ4n) is 2.30. The molecule has 100 valence electrons. The van der Waals surface area contributed by atoms with Gasteiger partial charge in [0, 0.05) is 0 Å². The first-order valence-corrected chi connectivity index (χ1v) is 6.70. The molecule has 4 nitrogen and oxygen atoms in total. The van der Waals surface area contributed by atoms with Crippen molar-refractivity contribution in [2.24, 2.45) is 0 Å². The van der Waals surface area contributed by atoms with Gasteiger partial charge >= 0.3 is 0 Å². The fraction of sp³-hybridized carbons (Fsp3) is 0.0667. The minimum Gasteiger partial charge on any atom is -0.335 e. The minimum atomic E-state index is -0.0460. The molecule has 0 aliphatic rings. The van der Waals surface area contributed by atoms with Crippen LogP contribution in [0.2, 0.25) is 0 Å². The number of nitrogens with zero attached hydrogens (tertiary/aromatic N) is 2. The Morgan fingerprint density at radius 3 is 1.85 bits per heavy atom. The van der Waals surface area contributed by atoms with Crippen molar-refractivity contribution in [1.29, 1.82) is 0 Å². The number of benzene rings is 2. The number of nitrogen functional groups attached to an aromatic ring is 1. The molecule has 0 radical (unpaired) electrons. The minimum absolute atomic E-state index is 0.0460. The number of nitrogens with one attached hydrogen (secondary N) is 1. The molecule has 20 heavy (non-hydrogen) atoms. The second-order valence-electron chi connectivity index (χ2n) is 4.51. The third kappa shape index (κ3) is 2.23. The van der Waals surface area contributed by atoms with Crippen LogP contribution < -0.4 is 5.84 Å². The molecule has 0 aliphatic carbocycles. The topological polar surface area (TPSA) is 59.6 Å². The number of rotatable bonds is 3. The Labute approximate surface area is 121 Å². The van der Waals surface area contributed by atoms with E-state index in [0.717, 1.165) is 11.1 Å². The van der Waals surface area contributed by atoms with E-state index in [2.05, 4.69) is 34.5 Å². The van der Waals surface area contributed by atoms with E-state index in [1.54, 1.807) is 0 Å². The monoisotopic (exact) mass is 282 g/mol. The summed E-state index contributed by atoms with van der Waals surface area (Å²) in [6.07, 6.45) is 0. The van der Waals surface area contributed by atoms with E-state index in [0.29, 0.717) is 10.6 Å². The predicted molar refractivity (Wildman–Crippen MR) is 81.4 cm³/mol. The van der Waals surface area contributed by atoms with Gasteiger partial charge in [-0.1, -0.05) is 60.7 Å². The summed E-state index contributed by atoms with van der Waals surface area (Å²) in [7, 11) is 0. The molecule has 3 N–H and O–H groups in total. The number of hydrogen-bond acceptors (Lipinski definition) is 3. The number of hydrogen-bond donors (Lipinski definition) is 2. The molecule has 0 saturated heterocycles. The highest BCUT2D eigenvalue weighted by Gasteiger charge is 2.21. The van der Waals surface area contributed by atoms with Crippen LogP contribution in [0.15, 0.2) is 60.7 Å². The van der Waals surface area contributed by atoms with E-state index in [-0.39, 0.29) is 5.92 Å². The van der Waals surface area contributed by atoms with E-state index in [9.17, 15) is 0 Å². The smallest absolute Gasteiger partial charge is 0.214 e. The Kier molecular flexibility index (Phi) is 3.35. The van der Waals surface area contributed by atoms with Gasteiger partial charge in [0.25, 0.3) is 0 Å². The highest BCUT2D eigenvalue weighted by atomic mass is 32.1. The van der Waals surface area contributed by atoms with Gasteiger partial charge in [-0.05, 0) is 23.3 Å². The Hall–Kier alpha value is -2.40. The van der Waals surface area contributed by atoms with Crippen molar-refractivity contribution < 1.29 is 0 Å². The molecule has 0 fully saturated rings. The van der Waals surface area contributed by atoms with Gasteiger partial charge in [0.15, 0.2) is 5.82 Å². The van der Waals surface area contributed by atoms with Crippen molar-refractivity contribution in [3.05, 3.63) is 82.4 Å². The largest absolute Gasteiger partial charge is 0.335 e. The number of H-pyrrole nitrogens is 1. The quantitative estimate of drug-likeness (QED) is 0.573. The number of aromatic amines is 1. The standard InChI is InChI=1S/C15H14N4S/c16-19-14(17-18-15(19)20)13(11-7-3-1-4-8-11)12-9-5-2-6-10-12/h1-10,13H,16H2,(H,18,20). The molecule has 0 unspecified atom stereocenters. The summed E-state index contributed by atoms with van der Waals surface area (Å²) in [6, 6.07) is 20.3. The van der Waals surface area contributed by atoms with Crippen LogP contribution in [0.1, 0.15) is 22.9 Å². The summed E-state index contributed by atoms with van der Waals surface area (Å²) >= 11 is 5.11. The lowest BCUT2D eigenvalue weighted by Crippen LogP contribution is -2.17. The van der Waals surface area contributed by atoms with E-state index < -0.39 is 0 Å². The van der Waals surface area contributed by atoms with E-state index >= 15 is 0 Å². The van der Waals surface area contributed by atoms with Crippen molar-refractivity contribution in [3.63, 3.8) is 0 Å². The first-order valence-electron chi connectivity index (χ1n) is 6.29. The normalized spacial score (nSPS) is 10.8. The molecule has 0 atom stereocenters. The summed E-state index contributed by atoms with van der Waals surface area (Å²) in [5, 5.41) is 7.04. The van der Waals surface area contributed by atoms with Crippen molar-refractivity contribution in [2.75, 3.05) is 5.84 Å². The fourth-order valence-corrected chi connectivity index (χ4v) is 2.44. The molecule has 3 rings (SSSR count). The van der Waals surface area contributed by atoms with Gasteiger partial charge in [-0.2, -0.15) is 5.10 Å². The number of aromatic nitrogens is 3. The van der Waals surface area contributed by atoms with Crippen LogP contribution in [0.5, 0.6) is 0 Å². The molecular formula is C15H14N4S. The summed E-state index contributed by atoms with van der Waals surface area (Å²) in [5.41, 5.74) is 2.25. The molecule has 0 amide bonds. The molecule has 5 heteroatoms. The van der Waals surface area contributed by atoms with Crippen molar-refractivity contribution in [1.82, 2.24) is 14.9 Å². The maximum Gasteiger partial charge on any atom is 0.214 e. The maximum absolute atomic E-state index is 6.00. The lowest BCUT2D eigenvalue weighted by atomic mass is 9.91. The molecular weight excluding hydrogens is 268 g/mol. The third-order valence-electron chi connectivity index (χ3n) is 3.26. The zero-order valence-electron chi connectivity index (χ0n) is 10.7. The molecule has 0 spiro atoms. The lowest BCUT2D eigenvalue weighted by molar-refractivity contribution is 0.792. The van der Waals surface area contributed by atoms with Gasteiger partial charge in [-0.25, -0.2) is 4.68 Å². The summed E-state index contributed by atoms with van der Waals surface area (Å²) in [6.45, 7) is 0. The highest BCUT2D eigenvalue weighted by Crippen LogP contribution is 2.29. The lowest BCUT2D eigenvalue weighted by Gasteiger charge is -2.16. The van der Waals surface area contributed by atoms with Crippen molar-refractivity contribution in [3.8, 4) is 0 Å². The van der Waals surface area contributed by atoms with Crippen LogP contribution in [0.25, 0.3) is 0 Å². The van der Waals surface area contributed by atoms with Crippen LogP contribution >= 0.6 is 12.2 Å². The maximum atomic E-state index is 6.00. The summed E-state index contributed by atoms with van der Waals surface area (Å²) in [4.78, 5) is 0. The van der Waals surface area contributed by atoms with Gasteiger partial charge < -0.3 is 5.84 Å². The molecule has 0 saturated carbocycles. The van der Waals surface area contributed by atoms with Crippen LogP contribution in [-0.4, -0.2) is 14.9 Å². The van der Waals surface area contributed by atoms with E-state index in [1.165, 1.54) is 4.68 Å². The first kappa shape index (κ1) is 12.6. The van der Waals surface area contributed by atoms with Gasteiger partial charge in [0.05, 0.1) is 5.92 Å². The SMILES string of the molecule is Nn1c(C(c2ccccc2)c2ccccc2)n[nH]c1=S.